The zero-order valence-corrected chi connectivity index (χ0v) is 17.1. The van der Waals surface area contributed by atoms with Crippen molar-refractivity contribution >= 4 is 17.8 Å². The second kappa shape index (κ2) is 9.17. The molecule has 7 nitrogen and oxygen atoms in total. The average molecular weight is 389 g/mol. The Morgan fingerprint density at radius 2 is 2.07 bits per heavy atom. The number of likely N-dealkylation sites (tertiary alicyclic amines) is 1. The molecule has 154 valence electrons. The third-order valence-corrected chi connectivity index (χ3v) is 5.71. The zero-order valence-electron chi connectivity index (χ0n) is 17.1. The fourth-order valence-electron chi connectivity index (χ4n) is 4.03. The largest absolute Gasteiger partial charge is 0.497 e. The molecule has 0 saturated carbocycles. The van der Waals surface area contributed by atoms with Gasteiger partial charge in [0.2, 0.25) is 0 Å². The predicted molar refractivity (Wildman–Crippen MR) is 108 cm³/mol. The van der Waals surface area contributed by atoms with Crippen LogP contribution in [0, 0.1) is 6.92 Å². The third kappa shape index (κ3) is 4.51. The van der Waals surface area contributed by atoms with Gasteiger partial charge < -0.3 is 19.7 Å². The van der Waals surface area contributed by atoms with E-state index >= 15 is 0 Å². The molecule has 2 fully saturated rings. The molecule has 0 bridgehead atoms. The summed E-state index contributed by atoms with van der Waals surface area (Å²) in [5.74, 6) is 0.770. The number of nitrogens with zero attached hydrogens (tertiary/aromatic N) is 2. The monoisotopic (exact) mass is 389 g/mol. The minimum atomic E-state index is -0.196. The Morgan fingerprint density at radius 3 is 2.71 bits per heavy atom. The van der Waals surface area contributed by atoms with E-state index < -0.39 is 0 Å². The van der Waals surface area contributed by atoms with Gasteiger partial charge in [-0.1, -0.05) is 19.8 Å². The lowest BCUT2D eigenvalue weighted by Gasteiger charge is -2.37. The molecule has 0 radical (unpaired) electrons. The first-order chi connectivity index (χ1) is 13.5. The number of piperidine rings is 1. The summed E-state index contributed by atoms with van der Waals surface area (Å²) < 4.78 is 10.5. The lowest BCUT2D eigenvalue weighted by Crippen LogP contribution is -2.50. The molecule has 0 aliphatic carbocycles. The number of unbranched alkanes of at least 4 members (excludes halogenated alkanes) is 1. The number of hydrogen-bond acceptors (Lipinski definition) is 4. The number of anilines is 1. The van der Waals surface area contributed by atoms with Gasteiger partial charge in [-0.3, -0.25) is 4.90 Å². The Labute approximate surface area is 167 Å². The molecule has 0 aromatic heterocycles. The van der Waals surface area contributed by atoms with E-state index in [1.165, 1.54) is 0 Å². The summed E-state index contributed by atoms with van der Waals surface area (Å²) in [6.45, 7) is 5.87. The zero-order chi connectivity index (χ0) is 20.1. The first-order valence-corrected chi connectivity index (χ1v) is 10.2. The maximum absolute atomic E-state index is 12.7. The van der Waals surface area contributed by atoms with Crippen LogP contribution in [0.25, 0.3) is 0 Å². The molecular weight excluding hydrogens is 358 g/mol. The number of aryl methyl sites for hydroxylation is 1. The quantitative estimate of drug-likeness (QED) is 0.798. The van der Waals surface area contributed by atoms with Crippen LogP contribution in [-0.2, 0) is 4.74 Å². The summed E-state index contributed by atoms with van der Waals surface area (Å²) in [4.78, 5) is 28.6. The summed E-state index contributed by atoms with van der Waals surface area (Å²) in [6.07, 6.45) is 4.57. The van der Waals surface area contributed by atoms with Crippen LogP contribution in [0.1, 0.15) is 44.6 Å². The summed E-state index contributed by atoms with van der Waals surface area (Å²) in [7, 11) is 1.63. The van der Waals surface area contributed by atoms with Crippen LogP contribution in [0.15, 0.2) is 18.2 Å². The Hall–Kier alpha value is -2.44. The number of methoxy groups -OCH3 is 1. The van der Waals surface area contributed by atoms with Crippen molar-refractivity contribution in [3.05, 3.63) is 23.8 Å². The first-order valence-electron chi connectivity index (χ1n) is 10.2. The molecule has 7 heteroatoms. The van der Waals surface area contributed by atoms with Crippen molar-refractivity contribution in [2.24, 2.45) is 0 Å². The summed E-state index contributed by atoms with van der Waals surface area (Å²) in [6, 6.07) is 5.83. The molecule has 1 unspecified atom stereocenters. The molecule has 2 saturated heterocycles. The second-order valence-corrected chi connectivity index (χ2v) is 7.61. The number of carbonyl (C=O) groups excluding carboxylic acids is 2. The second-order valence-electron chi connectivity index (χ2n) is 7.61. The number of carbonyl (C=O) groups is 2. The average Bonchev–Trinajstić information content (AvgIpc) is 3.08. The van der Waals surface area contributed by atoms with E-state index in [1.807, 2.05) is 34.9 Å². The fourth-order valence-corrected chi connectivity index (χ4v) is 4.03. The molecule has 3 rings (SSSR count). The van der Waals surface area contributed by atoms with Crippen molar-refractivity contribution in [2.75, 3.05) is 32.1 Å². The minimum absolute atomic E-state index is 0.0988. The van der Waals surface area contributed by atoms with E-state index in [4.69, 9.17) is 9.47 Å². The summed E-state index contributed by atoms with van der Waals surface area (Å²) in [5, 5.41) is 2.99. The van der Waals surface area contributed by atoms with Gasteiger partial charge >= 0.3 is 12.1 Å². The van der Waals surface area contributed by atoms with Crippen molar-refractivity contribution in [3.63, 3.8) is 0 Å². The fraction of sp³-hybridized carbons (Fsp3) is 0.619. The molecule has 2 heterocycles. The van der Waals surface area contributed by atoms with Crippen LogP contribution in [0.4, 0.5) is 15.3 Å². The standard InChI is InChI=1S/C21H31N3O4/c1-4-5-6-17-14-28-21(26)24(17)16-9-11-23(12-10-16)20(25)22-19-8-7-18(27-3)13-15(19)2/h7-8,13,16-17H,4-6,9-12,14H2,1-3H3,(H,22,25). The van der Waals surface area contributed by atoms with Gasteiger partial charge in [-0.2, -0.15) is 0 Å². The highest BCUT2D eigenvalue weighted by atomic mass is 16.6. The molecule has 1 N–H and O–H groups in total. The maximum atomic E-state index is 12.7. The highest BCUT2D eigenvalue weighted by Gasteiger charge is 2.39. The maximum Gasteiger partial charge on any atom is 0.410 e. The number of benzene rings is 1. The van der Waals surface area contributed by atoms with Gasteiger partial charge in [0, 0.05) is 24.8 Å². The van der Waals surface area contributed by atoms with Gasteiger partial charge in [-0.15, -0.1) is 0 Å². The molecule has 28 heavy (non-hydrogen) atoms. The van der Waals surface area contributed by atoms with Crippen LogP contribution >= 0.6 is 0 Å². The number of urea groups is 1. The van der Waals surface area contributed by atoms with E-state index in [2.05, 4.69) is 12.2 Å². The van der Waals surface area contributed by atoms with Gasteiger partial charge in [0.15, 0.2) is 0 Å². The van der Waals surface area contributed by atoms with E-state index in [-0.39, 0.29) is 24.2 Å². The van der Waals surface area contributed by atoms with Gasteiger partial charge in [0.1, 0.15) is 12.4 Å². The van der Waals surface area contributed by atoms with Crippen LogP contribution in [-0.4, -0.2) is 60.8 Å². The van der Waals surface area contributed by atoms with Crippen molar-refractivity contribution in [2.45, 2.75) is 58.0 Å². The summed E-state index contributed by atoms with van der Waals surface area (Å²) >= 11 is 0. The number of ether oxygens (including phenoxy) is 2. The number of rotatable bonds is 6. The van der Waals surface area contributed by atoms with E-state index in [0.29, 0.717) is 19.7 Å². The highest BCUT2D eigenvalue weighted by molar-refractivity contribution is 5.90. The molecule has 2 aliphatic rings. The third-order valence-electron chi connectivity index (χ3n) is 5.71. The highest BCUT2D eigenvalue weighted by Crippen LogP contribution is 2.27. The molecule has 1 atom stereocenters. The molecule has 2 aliphatic heterocycles. The van der Waals surface area contributed by atoms with Gasteiger partial charge in [-0.25, -0.2) is 9.59 Å². The smallest absolute Gasteiger partial charge is 0.410 e. The van der Waals surface area contributed by atoms with Crippen molar-refractivity contribution in [1.82, 2.24) is 9.80 Å². The first kappa shape index (κ1) is 20.3. The Balaban J connectivity index is 1.54. The molecule has 1 aromatic carbocycles. The molecule has 3 amide bonds. The number of cyclic esters (lactones) is 1. The van der Waals surface area contributed by atoms with Gasteiger partial charge in [0.05, 0.1) is 13.2 Å². The van der Waals surface area contributed by atoms with Crippen LogP contribution < -0.4 is 10.1 Å². The van der Waals surface area contributed by atoms with Crippen molar-refractivity contribution < 1.29 is 19.1 Å². The summed E-state index contributed by atoms with van der Waals surface area (Å²) in [5.41, 5.74) is 1.75. The van der Waals surface area contributed by atoms with Crippen LogP contribution in [0.5, 0.6) is 5.75 Å². The Kier molecular flexibility index (Phi) is 6.65. The van der Waals surface area contributed by atoms with Crippen LogP contribution in [0.2, 0.25) is 0 Å². The molecular formula is C21H31N3O4. The van der Waals surface area contributed by atoms with Gasteiger partial charge in [-0.05, 0) is 49.9 Å². The van der Waals surface area contributed by atoms with E-state index in [0.717, 1.165) is 49.1 Å². The number of nitrogens with one attached hydrogen (secondary N) is 1. The van der Waals surface area contributed by atoms with Crippen LogP contribution in [0.3, 0.4) is 0 Å². The van der Waals surface area contributed by atoms with E-state index in [9.17, 15) is 9.59 Å². The Bertz CT molecular complexity index is 701. The normalized spacial score (nSPS) is 20.2. The van der Waals surface area contributed by atoms with E-state index in [1.54, 1.807) is 7.11 Å². The molecule has 0 spiro atoms. The lowest BCUT2D eigenvalue weighted by atomic mass is 10.0. The topological polar surface area (TPSA) is 71.1 Å². The minimum Gasteiger partial charge on any atom is -0.497 e. The van der Waals surface area contributed by atoms with Crippen molar-refractivity contribution in [1.29, 1.82) is 0 Å². The molecule has 1 aromatic rings. The predicted octanol–water partition coefficient (Wildman–Crippen LogP) is 4.01. The number of hydrogen-bond donors (Lipinski definition) is 1. The van der Waals surface area contributed by atoms with Gasteiger partial charge in [0.25, 0.3) is 0 Å². The SMILES string of the molecule is CCCCC1COC(=O)N1C1CCN(C(=O)Nc2ccc(OC)cc2C)CC1. The van der Waals surface area contributed by atoms with Crippen molar-refractivity contribution in [3.8, 4) is 5.75 Å². The Morgan fingerprint density at radius 1 is 1.32 bits per heavy atom. The lowest BCUT2D eigenvalue weighted by molar-refractivity contribution is 0.114. The number of amides is 3.